The van der Waals surface area contributed by atoms with Crippen LogP contribution < -0.4 is 10.1 Å². The monoisotopic (exact) mass is 372 g/mol. The van der Waals surface area contributed by atoms with Gasteiger partial charge in [-0.25, -0.2) is 0 Å². The molecule has 8 heteroatoms. The van der Waals surface area contributed by atoms with Crippen LogP contribution in [0.1, 0.15) is 15.9 Å². The van der Waals surface area contributed by atoms with E-state index in [1.54, 1.807) is 37.5 Å². The van der Waals surface area contributed by atoms with Gasteiger partial charge in [0.1, 0.15) is 12.0 Å². The molecular weight excluding hydrogens is 356 g/mol. The molecule has 1 fully saturated rings. The largest absolute Gasteiger partial charge is 0.497 e. The SMILES string of the molecule is COc1ccc(C=C2SC(=O)N(CCNC(=O)c3ccoc3)C2=O)cc1. The van der Waals surface area contributed by atoms with Crippen molar-refractivity contribution in [3.05, 3.63) is 58.9 Å². The number of imide groups is 1. The molecule has 1 aromatic heterocycles. The van der Waals surface area contributed by atoms with Crippen LogP contribution in [0.25, 0.3) is 6.08 Å². The number of ether oxygens (including phenoxy) is 1. The maximum Gasteiger partial charge on any atom is 0.293 e. The van der Waals surface area contributed by atoms with Crippen LogP contribution in [0.3, 0.4) is 0 Å². The Morgan fingerprint density at radius 1 is 1.27 bits per heavy atom. The molecule has 2 aromatic rings. The number of thioether (sulfide) groups is 1. The number of carbonyl (C=O) groups is 3. The van der Waals surface area contributed by atoms with E-state index in [2.05, 4.69) is 5.32 Å². The second kappa shape index (κ2) is 7.92. The van der Waals surface area contributed by atoms with Crippen LogP contribution in [0.2, 0.25) is 0 Å². The first-order chi connectivity index (χ1) is 12.6. The van der Waals surface area contributed by atoms with E-state index >= 15 is 0 Å². The van der Waals surface area contributed by atoms with Gasteiger partial charge in [0.25, 0.3) is 17.1 Å². The Morgan fingerprint density at radius 2 is 2.04 bits per heavy atom. The van der Waals surface area contributed by atoms with Gasteiger partial charge in [0.15, 0.2) is 0 Å². The van der Waals surface area contributed by atoms with Crippen molar-refractivity contribution in [1.82, 2.24) is 10.2 Å². The van der Waals surface area contributed by atoms with Crippen molar-refractivity contribution < 1.29 is 23.5 Å². The minimum absolute atomic E-state index is 0.105. The highest BCUT2D eigenvalue weighted by Gasteiger charge is 2.34. The Kier molecular flexibility index (Phi) is 5.43. The lowest BCUT2D eigenvalue weighted by Gasteiger charge is -2.12. The Balaban J connectivity index is 1.59. The zero-order valence-electron chi connectivity index (χ0n) is 13.9. The first-order valence-corrected chi connectivity index (χ1v) is 8.60. The van der Waals surface area contributed by atoms with Gasteiger partial charge in [0.05, 0.1) is 23.8 Å². The summed E-state index contributed by atoms with van der Waals surface area (Å²) in [7, 11) is 1.58. The lowest BCUT2D eigenvalue weighted by atomic mass is 10.2. The molecule has 3 rings (SSSR count). The summed E-state index contributed by atoms with van der Waals surface area (Å²) in [6.07, 6.45) is 4.39. The van der Waals surface area contributed by atoms with Crippen molar-refractivity contribution in [3.8, 4) is 5.75 Å². The first-order valence-electron chi connectivity index (χ1n) is 7.78. The number of amides is 3. The molecule has 1 N–H and O–H groups in total. The minimum Gasteiger partial charge on any atom is -0.497 e. The van der Waals surface area contributed by atoms with Crippen LogP contribution in [0.15, 0.2) is 52.2 Å². The van der Waals surface area contributed by atoms with E-state index in [4.69, 9.17) is 9.15 Å². The van der Waals surface area contributed by atoms with Crippen molar-refractivity contribution >= 4 is 34.9 Å². The van der Waals surface area contributed by atoms with Gasteiger partial charge in [0, 0.05) is 13.1 Å². The third-order valence-electron chi connectivity index (χ3n) is 3.69. The lowest BCUT2D eigenvalue weighted by molar-refractivity contribution is -0.122. The minimum atomic E-state index is -0.367. The van der Waals surface area contributed by atoms with E-state index in [-0.39, 0.29) is 30.1 Å². The van der Waals surface area contributed by atoms with Crippen molar-refractivity contribution in [2.75, 3.05) is 20.2 Å². The van der Waals surface area contributed by atoms with E-state index in [0.29, 0.717) is 16.2 Å². The number of furan rings is 1. The Bertz CT molecular complexity index is 843. The zero-order valence-corrected chi connectivity index (χ0v) is 14.7. The second-order valence-electron chi connectivity index (χ2n) is 5.37. The highest BCUT2D eigenvalue weighted by Crippen LogP contribution is 2.32. The predicted octanol–water partition coefficient (Wildman–Crippen LogP) is 2.75. The number of rotatable bonds is 6. The molecule has 7 nitrogen and oxygen atoms in total. The lowest BCUT2D eigenvalue weighted by Crippen LogP contribution is -2.37. The fourth-order valence-corrected chi connectivity index (χ4v) is 3.19. The predicted molar refractivity (Wildman–Crippen MR) is 96.7 cm³/mol. The topological polar surface area (TPSA) is 88.8 Å². The van der Waals surface area contributed by atoms with Gasteiger partial charge in [0.2, 0.25) is 0 Å². The molecule has 0 radical (unpaired) electrons. The number of hydrogen-bond acceptors (Lipinski definition) is 6. The van der Waals surface area contributed by atoms with Crippen molar-refractivity contribution in [1.29, 1.82) is 0 Å². The Hall–Kier alpha value is -3.00. The maximum atomic E-state index is 12.4. The number of methoxy groups -OCH3 is 1. The number of nitrogens with zero attached hydrogens (tertiary/aromatic N) is 1. The molecule has 0 bridgehead atoms. The molecule has 0 saturated carbocycles. The molecule has 0 aliphatic carbocycles. The third kappa shape index (κ3) is 3.97. The van der Waals surface area contributed by atoms with Crippen LogP contribution in [0.5, 0.6) is 5.75 Å². The fraction of sp³-hybridized carbons (Fsp3) is 0.167. The molecule has 26 heavy (non-hydrogen) atoms. The summed E-state index contributed by atoms with van der Waals surface area (Å²) in [5, 5.41) is 2.29. The zero-order chi connectivity index (χ0) is 18.5. The van der Waals surface area contributed by atoms with E-state index in [1.807, 2.05) is 0 Å². The van der Waals surface area contributed by atoms with Crippen LogP contribution in [-0.4, -0.2) is 42.2 Å². The van der Waals surface area contributed by atoms with Gasteiger partial charge >= 0.3 is 0 Å². The maximum absolute atomic E-state index is 12.4. The second-order valence-corrected chi connectivity index (χ2v) is 6.37. The van der Waals surface area contributed by atoms with Gasteiger partial charge in [-0.05, 0) is 41.6 Å². The molecule has 134 valence electrons. The molecule has 1 saturated heterocycles. The van der Waals surface area contributed by atoms with E-state index < -0.39 is 0 Å². The average molecular weight is 372 g/mol. The van der Waals surface area contributed by atoms with Crippen molar-refractivity contribution in [3.63, 3.8) is 0 Å². The van der Waals surface area contributed by atoms with Crippen LogP contribution in [-0.2, 0) is 4.79 Å². The summed E-state index contributed by atoms with van der Waals surface area (Å²) in [6, 6.07) is 8.70. The summed E-state index contributed by atoms with van der Waals surface area (Å²) in [5.41, 5.74) is 1.18. The summed E-state index contributed by atoms with van der Waals surface area (Å²) in [5.74, 6) is 0.0245. The number of nitrogens with one attached hydrogen (secondary N) is 1. The van der Waals surface area contributed by atoms with E-state index in [9.17, 15) is 14.4 Å². The standard InChI is InChI=1S/C18H16N2O5S/c1-24-14-4-2-12(3-5-14)10-15-17(22)20(18(23)26-15)8-7-19-16(21)13-6-9-25-11-13/h2-6,9-11H,7-8H2,1H3,(H,19,21). The molecule has 1 aromatic carbocycles. The summed E-state index contributed by atoms with van der Waals surface area (Å²) in [6.45, 7) is 0.270. The third-order valence-corrected chi connectivity index (χ3v) is 4.60. The summed E-state index contributed by atoms with van der Waals surface area (Å²) >= 11 is 0.883. The number of carbonyl (C=O) groups excluding carboxylic acids is 3. The molecule has 1 aliphatic rings. The Labute approximate surface area is 154 Å². The highest BCUT2D eigenvalue weighted by atomic mass is 32.2. The molecule has 0 atom stereocenters. The van der Waals surface area contributed by atoms with Gasteiger partial charge in [-0.1, -0.05) is 12.1 Å². The number of benzene rings is 1. The molecule has 0 spiro atoms. The fourth-order valence-electron chi connectivity index (χ4n) is 2.32. The molecule has 3 amide bonds. The van der Waals surface area contributed by atoms with Gasteiger partial charge in [-0.3, -0.25) is 19.3 Å². The first kappa shape index (κ1) is 17.8. The van der Waals surface area contributed by atoms with Gasteiger partial charge in [-0.15, -0.1) is 0 Å². The van der Waals surface area contributed by atoms with E-state index in [1.165, 1.54) is 18.6 Å². The quantitative estimate of drug-likeness (QED) is 0.785. The van der Waals surface area contributed by atoms with Crippen molar-refractivity contribution in [2.24, 2.45) is 0 Å². The normalized spacial score (nSPS) is 15.6. The van der Waals surface area contributed by atoms with Crippen LogP contribution in [0, 0.1) is 0 Å². The van der Waals surface area contributed by atoms with Crippen LogP contribution in [0.4, 0.5) is 4.79 Å². The molecular formula is C18H16N2O5S. The smallest absolute Gasteiger partial charge is 0.293 e. The average Bonchev–Trinajstić information content (AvgIpc) is 3.27. The Morgan fingerprint density at radius 3 is 2.69 bits per heavy atom. The van der Waals surface area contributed by atoms with Gasteiger partial charge in [-0.2, -0.15) is 0 Å². The molecule has 0 unspecified atom stereocenters. The summed E-state index contributed by atoms with van der Waals surface area (Å²) in [4.78, 5) is 37.8. The highest BCUT2D eigenvalue weighted by molar-refractivity contribution is 8.18. The molecule has 1 aliphatic heterocycles. The van der Waals surface area contributed by atoms with Crippen LogP contribution >= 0.6 is 11.8 Å². The molecule has 2 heterocycles. The summed E-state index contributed by atoms with van der Waals surface area (Å²) < 4.78 is 9.93. The number of hydrogen-bond donors (Lipinski definition) is 1. The van der Waals surface area contributed by atoms with E-state index in [0.717, 1.165) is 22.2 Å². The van der Waals surface area contributed by atoms with Gasteiger partial charge < -0.3 is 14.5 Å². The van der Waals surface area contributed by atoms with Crippen molar-refractivity contribution in [2.45, 2.75) is 0 Å².